The summed E-state index contributed by atoms with van der Waals surface area (Å²) < 4.78 is 5.81. The van der Waals surface area contributed by atoms with E-state index in [1.54, 1.807) is 7.11 Å². The summed E-state index contributed by atoms with van der Waals surface area (Å²) >= 11 is 0. The van der Waals surface area contributed by atoms with Gasteiger partial charge in [0, 0.05) is 11.5 Å². The Labute approximate surface area is 187 Å². The van der Waals surface area contributed by atoms with E-state index >= 15 is 0 Å². The maximum Gasteiger partial charge on any atom is 0.127 e. The molecule has 0 aliphatic heterocycles. The summed E-state index contributed by atoms with van der Waals surface area (Å²) in [6, 6.07) is 19.9. The average Bonchev–Trinajstić information content (AvgIpc) is 3.03. The van der Waals surface area contributed by atoms with Crippen LogP contribution in [-0.2, 0) is 5.41 Å². The van der Waals surface area contributed by atoms with Crippen molar-refractivity contribution in [3.63, 3.8) is 0 Å². The molecule has 2 unspecified atom stereocenters. The molecule has 0 saturated heterocycles. The summed E-state index contributed by atoms with van der Waals surface area (Å²) in [6.45, 7) is 9.20. The van der Waals surface area contributed by atoms with Crippen LogP contribution in [0.25, 0.3) is 21.9 Å². The van der Waals surface area contributed by atoms with Gasteiger partial charge in [0.1, 0.15) is 5.75 Å². The minimum Gasteiger partial charge on any atom is -0.496 e. The van der Waals surface area contributed by atoms with Crippen LogP contribution in [0.2, 0.25) is 0 Å². The minimum absolute atomic E-state index is 0.183. The largest absolute Gasteiger partial charge is 0.496 e. The number of hydrogen-bond acceptors (Lipinski definition) is 1. The van der Waals surface area contributed by atoms with Gasteiger partial charge in [-0.05, 0) is 64.6 Å². The third kappa shape index (κ3) is 4.06. The number of ether oxygens (including phenoxy) is 1. The van der Waals surface area contributed by atoms with Gasteiger partial charge in [0.15, 0.2) is 0 Å². The van der Waals surface area contributed by atoms with Gasteiger partial charge in [-0.15, -0.1) is 0 Å². The maximum absolute atomic E-state index is 5.81. The number of methoxy groups -OCH3 is 1. The van der Waals surface area contributed by atoms with Crippen molar-refractivity contribution >= 4 is 10.8 Å². The van der Waals surface area contributed by atoms with Crippen LogP contribution in [0.3, 0.4) is 0 Å². The van der Waals surface area contributed by atoms with E-state index in [-0.39, 0.29) is 5.41 Å². The topological polar surface area (TPSA) is 9.23 Å². The van der Waals surface area contributed by atoms with E-state index in [9.17, 15) is 0 Å². The van der Waals surface area contributed by atoms with Crippen LogP contribution in [0.15, 0.2) is 78.9 Å². The van der Waals surface area contributed by atoms with Crippen LogP contribution in [-0.4, -0.2) is 7.11 Å². The molecule has 2 atom stereocenters. The van der Waals surface area contributed by atoms with E-state index < -0.39 is 0 Å². The normalized spacial score (nSPS) is 20.9. The van der Waals surface area contributed by atoms with E-state index in [2.05, 4.69) is 107 Å². The molecule has 31 heavy (non-hydrogen) atoms. The Kier molecular flexibility index (Phi) is 6.05. The molecule has 3 aromatic carbocycles. The van der Waals surface area contributed by atoms with Crippen molar-refractivity contribution in [2.24, 2.45) is 5.92 Å². The molecular formula is C30H34O. The van der Waals surface area contributed by atoms with Crippen molar-refractivity contribution in [1.82, 2.24) is 0 Å². The molecule has 1 aliphatic rings. The van der Waals surface area contributed by atoms with Crippen molar-refractivity contribution in [1.29, 1.82) is 0 Å². The zero-order valence-electron chi connectivity index (χ0n) is 19.5. The second-order valence-corrected chi connectivity index (χ2v) is 9.55. The molecule has 0 saturated carbocycles. The molecule has 0 spiro atoms. The number of allylic oxidation sites excluding steroid dienone is 4. The van der Waals surface area contributed by atoms with Crippen LogP contribution in [0.4, 0.5) is 0 Å². The lowest BCUT2D eigenvalue weighted by molar-refractivity contribution is 0.360. The maximum atomic E-state index is 5.81. The van der Waals surface area contributed by atoms with Gasteiger partial charge in [-0.3, -0.25) is 0 Å². The van der Waals surface area contributed by atoms with E-state index in [1.807, 2.05) is 0 Å². The summed E-state index contributed by atoms with van der Waals surface area (Å²) in [4.78, 5) is 0. The lowest BCUT2D eigenvalue weighted by atomic mass is 9.76. The molecule has 0 bridgehead atoms. The molecule has 1 heteroatoms. The Morgan fingerprint density at radius 2 is 1.87 bits per heavy atom. The highest BCUT2D eigenvalue weighted by molar-refractivity contribution is 6.00. The summed E-state index contributed by atoms with van der Waals surface area (Å²) in [5.41, 5.74) is 5.61. The van der Waals surface area contributed by atoms with Gasteiger partial charge in [-0.25, -0.2) is 0 Å². The molecule has 0 N–H and O–H groups in total. The van der Waals surface area contributed by atoms with Gasteiger partial charge in [0.25, 0.3) is 0 Å². The predicted molar refractivity (Wildman–Crippen MR) is 134 cm³/mol. The number of benzene rings is 3. The third-order valence-corrected chi connectivity index (χ3v) is 6.68. The van der Waals surface area contributed by atoms with Crippen LogP contribution in [0.1, 0.15) is 57.6 Å². The van der Waals surface area contributed by atoms with Gasteiger partial charge in [-0.1, -0.05) is 93.6 Å². The molecule has 1 aliphatic carbocycles. The Hall–Kier alpha value is -2.80. The molecule has 0 fully saturated rings. The molecule has 160 valence electrons. The Balaban J connectivity index is 1.89. The molecule has 0 amide bonds. The number of rotatable bonds is 6. The van der Waals surface area contributed by atoms with Crippen LogP contribution < -0.4 is 4.74 Å². The fourth-order valence-electron chi connectivity index (χ4n) is 5.56. The predicted octanol–water partition coefficient (Wildman–Crippen LogP) is 8.44. The van der Waals surface area contributed by atoms with Crippen molar-refractivity contribution in [2.75, 3.05) is 7.11 Å². The Morgan fingerprint density at radius 1 is 1.06 bits per heavy atom. The van der Waals surface area contributed by atoms with Crippen LogP contribution >= 0.6 is 0 Å². The highest BCUT2D eigenvalue weighted by Crippen LogP contribution is 2.51. The number of hydrogen-bond donors (Lipinski definition) is 0. The lowest BCUT2D eigenvalue weighted by Gasteiger charge is -2.28. The molecule has 0 radical (unpaired) electrons. The molecule has 0 aromatic heterocycles. The summed E-state index contributed by atoms with van der Waals surface area (Å²) in [5.74, 6) is 2.07. The standard InChI is InChI=1S/C30H34O/c1-6-7-8-12-24-20-30(4,19-21(2)3)27-18-23(14-16-25(24)27)29-26-13-10-9-11-22(26)15-17-28(29)31-5/h6-18,21,24H,19-20H2,1-5H3/b7-6-,12-8-. The van der Waals surface area contributed by atoms with E-state index in [4.69, 9.17) is 4.74 Å². The van der Waals surface area contributed by atoms with Gasteiger partial charge < -0.3 is 4.74 Å². The van der Waals surface area contributed by atoms with Crippen molar-refractivity contribution in [2.45, 2.75) is 51.9 Å². The van der Waals surface area contributed by atoms with Gasteiger partial charge >= 0.3 is 0 Å². The van der Waals surface area contributed by atoms with Crippen molar-refractivity contribution < 1.29 is 4.74 Å². The van der Waals surface area contributed by atoms with Gasteiger partial charge in [-0.2, -0.15) is 0 Å². The average molecular weight is 411 g/mol. The van der Waals surface area contributed by atoms with Gasteiger partial charge in [0.05, 0.1) is 7.11 Å². The zero-order chi connectivity index (χ0) is 22.0. The van der Waals surface area contributed by atoms with Crippen molar-refractivity contribution in [3.8, 4) is 16.9 Å². The highest BCUT2D eigenvalue weighted by Gasteiger charge is 2.39. The second-order valence-electron chi connectivity index (χ2n) is 9.55. The number of fused-ring (bicyclic) bond motifs is 2. The van der Waals surface area contributed by atoms with Gasteiger partial charge in [0.2, 0.25) is 0 Å². The smallest absolute Gasteiger partial charge is 0.127 e. The molecule has 3 aromatic rings. The quantitative estimate of drug-likeness (QED) is 0.370. The fourth-order valence-corrected chi connectivity index (χ4v) is 5.56. The first-order valence-electron chi connectivity index (χ1n) is 11.5. The summed E-state index contributed by atoms with van der Waals surface area (Å²) in [6.07, 6.45) is 11.2. The summed E-state index contributed by atoms with van der Waals surface area (Å²) in [7, 11) is 1.77. The second kappa shape index (κ2) is 8.75. The fraction of sp³-hybridized carbons (Fsp3) is 0.333. The van der Waals surface area contributed by atoms with E-state index in [1.165, 1.54) is 45.9 Å². The lowest BCUT2D eigenvalue weighted by Crippen LogP contribution is -2.21. The van der Waals surface area contributed by atoms with E-state index in [0.717, 1.165) is 5.75 Å². The molecule has 1 nitrogen and oxygen atoms in total. The molecule has 4 rings (SSSR count). The first kappa shape index (κ1) is 21.4. The zero-order valence-corrected chi connectivity index (χ0v) is 19.5. The first-order valence-corrected chi connectivity index (χ1v) is 11.5. The SMILES string of the molecule is C/C=C\C=C/C1CC(C)(CC(C)C)c2cc(-c3c(OC)ccc4ccccc34)ccc21. The van der Waals surface area contributed by atoms with Crippen LogP contribution in [0.5, 0.6) is 5.75 Å². The Morgan fingerprint density at radius 3 is 2.61 bits per heavy atom. The summed E-state index contributed by atoms with van der Waals surface area (Å²) in [5, 5.41) is 2.49. The highest BCUT2D eigenvalue weighted by atomic mass is 16.5. The van der Waals surface area contributed by atoms with Crippen molar-refractivity contribution in [3.05, 3.63) is 90.0 Å². The first-order chi connectivity index (χ1) is 15.0. The monoisotopic (exact) mass is 410 g/mol. The third-order valence-electron chi connectivity index (χ3n) is 6.68. The van der Waals surface area contributed by atoms with E-state index in [0.29, 0.717) is 11.8 Å². The minimum atomic E-state index is 0.183. The molecular weight excluding hydrogens is 376 g/mol. The van der Waals surface area contributed by atoms with Crippen LogP contribution in [0, 0.1) is 5.92 Å². The molecule has 0 heterocycles. The Bertz CT molecular complexity index is 1130.